The van der Waals surface area contributed by atoms with E-state index >= 15 is 0 Å². The van der Waals surface area contributed by atoms with Gasteiger partial charge in [0, 0.05) is 38.2 Å². The lowest BCUT2D eigenvalue weighted by Crippen LogP contribution is -2.43. The van der Waals surface area contributed by atoms with Gasteiger partial charge in [0.1, 0.15) is 6.10 Å². The molecule has 1 fully saturated rings. The first-order valence-electron chi connectivity index (χ1n) is 8.23. The Bertz CT molecular complexity index is 702. The normalized spacial score (nSPS) is 16.3. The Morgan fingerprint density at radius 3 is 2.64 bits per heavy atom. The van der Waals surface area contributed by atoms with E-state index in [0.29, 0.717) is 37.4 Å². The van der Waals surface area contributed by atoms with Crippen molar-refractivity contribution < 1.29 is 19.4 Å². The van der Waals surface area contributed by atoms with Crippen molar-refractivity contribution in [2.24, 2.45) is 0 Å². The third kappa shape index (κ3) is 4.24. The smallest absolute Gasteiger partial charge is 0.319 e. The molecule has 1 aromatic heterocycles. The number of hydrogen-bond donors (Lipinski definition) is 1. The van der Waals surface area contributed by atoms with E-state index in [1.807, 2.05) is 18.2 Å². The molecule has 132 valence electrons. The van der Waals surface area contributed by atoms with Crippen LogP contribution in [0.25, 0.3) is 0 Å². The van der Waals surface area contributed by atoms with Gasteiger partial charge in [-0.2, -0.15) is 4.98 Å². The van der Waals surface area contributed by atoms with Crippen LogP contribution < -0.4 is 9.47 Å². The number of ether oxygens (including phenoxy) is 2. The Morgan fingerprint density at radius 2 is 1.96 bits per heavy atom. The number of carbonyl (C=O) groups is 1. The van der Waals surface area contributed by atoms with Gasteiger partial charge in [-0.1, -0.05) is 30.3 Å². The fraction of sp³-hybridized carbons (Fsp3) is 0.389. The highest BCUT2D eigenvalue weighted by Gasteiger charge is 2.28. The lowest BCUT2D eigenvalue weighted by Gasteiger charge is -2.33. The average molecular weight is 343 g/mol. The van der Waals surface area contributed by atoms with E-state index in [-0.39, 0.29) is 18.0 Å². The summed E-state index contributed by atoms with van der Waals surface area (Å²) in [4.78, 5) is 22.2. The van der Waals surface area contributed by atoms with E-state index in [1.54, 1.807) is 29.3 Å². The number of aliphatic hydroxyl groups is 1. The van der Waals surface area contributed by atoms with Crippen LogP contribution in [0.1, 0.15) is 24.5 Å². The molecule has 1 atom stereocenters. The molecule has 1 aromatic carbocycles. The van der Waals surface area contributed by atoms with E-state index in [9.17, 15) is 9.90 Å². The summed E-state index contributed by atoms with van der Waals surface area (Å²) < 4.78 is 10.8. The van der Waals surface area contributed by atoms with E-state index < -0.39 is 6.10 Å². The average Bonchev–Trinajstić information content (AvgIpc) is 2.68. The Balaban J connectivity index is 1.53. The number of hydrogen-bond acceptors (Lipinski definition) is 6. The van der Waals surface area contributed by atoms with Crippen molar-refractivity contribution in [1.29, 1.82) is 0 Å². The van der Waals surface area contributed by atoms with Crippen molar-refractivity contribution in [3.63, 3.8) is 0 Å². The Morgan fingerprint density at radius 1 is 1.24 bits per heavy atom. The number of likely N-dealkylation sites (tertiary alicyclic amines) is 1. The van der Waals surface area contributed by atoms with Crippen molar-refractivity contribution in [1.82, 2.24) is 14.9 Å². The monoisotopic (exact) mass is 343 g/mol. The number of benzene rings is 1. The molecule has 2 heterocycles. The van der Waals surface area contributed by atoms with Gasteiger partial charge in [-0.25, -0.2) is 4.98 Å². The topological polar surface area (TPSA) is 84.8 Å². The van der Waals surface area contributed by atoms with Gasteiger partial charge in [-0.15, -0.1) is 0 Å². The Labute approximate surface area is 146 Å². The summed E-state index contributed by atoms with van der Waals surface area (Å²) in [6.45, 7) is 1.07. The van der Waals surface area contributed by atoms with Gasteiger partial charge in [-0.05, 0) is 5.56 Å². The molecule has 1 aliphatic rings. The van der Waals surface area contributed by atoms with Gasteiger partial charge in [-0.3, -0.25) is 4.79 Å². The second kappa shape index (κ2) is 7.94. The van der Waals surface area contributed by atoms with E-state index in [2.05, 4.69) is 9.97 Å². The zero-order valence-corrected chi connectivity index (χ0v) is 14.0. The van der Waals surface area contributed by atoms with Crippen molar-refractivity contribution in [2.75, 3.05) is 20.2 Å². The molecule has 1 N–H and O–H groups in total. The van der Waals surface area contributed by atoms with Gasteiger partial charge >= 0.3 is 6.01 Å². The number of aromatic nitrogens is 2. The van der Waals surface area contributed by atoms with Gasteiger partial charge < -0.3 is 19.5 Å². The molecule has 0 spiro atoms. The van der Waals surface area contributed by atoms with Crippen molar-refractivity contribution in [2.45, 2.75) is 25.0 Å². The first-order valence-corrected chi connectivity index (χ1v) is 8.23. The molecule has 1 unspecified atom stereocenters. The summed E-state index contributed by atoms with van der Waals surface area (Å²) in [6.07, 6.45) is 1.79. The Hall–Kier alpha value is -2.67. The second-order valence-electron chi connectivity index (χ2n) is 5.84. The van der Waals surface area contributed by atoms with Crippen LogP contribution in [0.3, 0.4) is 0 Å². The largest absolute Gasteiger partial charge is 0.474 e. The number of methoxy groups -OCH3 is 1. The summed E-state index contributed by atoms with van der Waals surface area (Å²) in [5, 5.41) is 10.2. The quantitative estimate of drug-likeness (QED) is 0.887. The van der Waals surface area contributed by atoms with E-state index in [0.717, 1.165) is 0 Å². The molecular formula is C18H21N3O4. The molecule has 0 saturated carbocycles. The highest BCUT2D eigenvalue weighted by molar-refractivity contribution is 5.82. The molecule has 7 nitrogen and oxygen atoms in total. The van der Waals surface area contributed by atoms with Crippen molar-refractivity contribution in [3.8, 4) is 11.9 Å². The summed E-state index contributed by atoms with van der Waals surface area (Å²) >= 11 is 0. The second-order valence-corrected chi connectivity index (χ2v) is 5.84. The minimum absolute atomic E-state index is 0.0301. The highest BCUT2D eigenvalue weighted by Crippen LogP contribution is 2.21. The zero-order valence-electron chi connectivity index (χ0n) is 14.0. The molecular weight excluding hydrogens is 322 g/mol. The SMILES string of the molecule is COc1nccc(OC2CCN(C(=O)C(O)c3ccccc3)CC2)n1. The third-order valence-electron chi connectivity index (χ3n) is 4.18. The molecule has 0 bridgehead atoms. The molecule has 7 heteroatoms. The number of aliphatic hydroxyl groups excluding tert-OH is 1. The number of piperidine rings is 1. The van der Waals surface area contributed by atoms with Crippen LogP contribution in [0.4, 0.5) is 0 Å². The first-order chi connectivity index (χ1) is 12.2. The number of rotatable bonds is 5. The molecule has 2 aromatic rings. The molecule has 0 radical (unpaired) electrons. The minimum atomic E-state index is -1.12. The van der Waals surface area contributed by atoms with Crippen LogP contribution in [0.5, 0.6) is 11.9 Å². The lowest BCUT2D eigenvalue weighted by atomic mass is 10.0. The maximum atomic E-state index is 12.4. The first kappa shape index (κ1) is 17.2. The lowest BCUT2D eigenvalue weighted by molar-refractivity contribution is -0.142. The van der Waals surface area contributed by atoms with Crippen LogP contribution in [0.15, 0.2) is 42.6 Å². The van der Waals surface area contributed by atoms with Crippen molar-refractivity contribution in [3.05, 3.63) is 48.2 Å². The molecule has 1 amide bonds. The van der Waals surface area contributed by atoms with E-state index in [1.165, 1.54) is 7.11 Å². The number of amides is 1. The van der Waals surface area contributed by atoms with Crippen LogP contribution in [0.2, 0.25) is 0 Å². The van der Waals surface area contributed by atoms with Gasteiger partial charge in [0.15, 0.2) is 6.10 Å². The summed E-state index contributed by atoms with van der Waals surface area (Å²) in [6, 6.07) is 10.9. The minimum Gasteiger partial charge on any atom is -0.474 e. The zero-order chi connectivity index (χ0) is 17.6. The van der Waals surface area contributed by atoms with E-state index in [4.69, 9.17) is 9.47 Å². The van der Waals surface area contributed by atoms with Crippen LogP contribution in [-0.2, 0) is 4.79 Å². The Kier molecular flexibility index (Phi) is 5.45. The molecule has 1 aliphatic heterocycles. The summed E-state index contributed by atoms with van der Waals surface area (Å²) in [5.41, 5.74) is 0.610. The number of carbonyl (C=O) groups excluding carboxylic acids is 1. The highest BCUT2D eigenvalue weighted by atomic mass is 16.5. The maximum absolute atomic E-state index is 12.4. The molecule has 3 rings (SSSR count). The van der Waals surface area contributed by atoms with Crippen molar-refractivity contribution >= 4 is 5.91 Å². The fourth-order valence-electron chi connectivity index (χ4n) is 2.80. The van der Waals surface area contributed by atoms with Crippen LogP contribution in [-0.4, -0.2) is 52.2 Å². The summed E-state index contributed by atoms with van der Waals surface area (Å²) in [7, 11) is 1.50. The van der Waals surface area contributed by atoms with Gasteiger partial charge in [0.05, 0.1) is 7.11 Å². The van der Waals surface area contributed by atoms with Gasteiger partial charge in [0.25, 0.3) is 5.91 Å². The number of nitrogens with zero attached hydrogens (tertiary/aromatic N) is 3. The predicted octanol–water partition coefficient (Wildman–Crippen LogP) is 1.59. The molecule has 1 saturated heterocycles. The molecule has 25 heavy (non-hydrogen) atoms. The summed E-state index contributed by atoms with van der Waals surface area (Å²) in [5.74, 6) is 0.189. The van der Waals surface area contributed by atoms with Crippen LogP contribution in [0, 0.1) is 0 Å². The maximum Gasteiger partial charge on any atom is 0.319 e. The molecule has 0 aliphatic carbocycles. The van der Waals surface area contributed by atoms with Crippen LogP contribution >= 0.6 is 0 Å². The standard InChI is InChI=1S/C18H21N3O4/c1-24-18-19-10-7-15(20-18)25-14-8-11-21(12-9-14)17(23)16(22)13-5-3-2-4-6-13/h2-7,10,14,16,22H,8-9,11-12H2,1H3. The fourth-order valence-corrected chi connectivity index (χ4v) is 2.80. The predicted molar refractivity (Wildman–Crippen MR) is 90.2 cm³/mol. The van der Waals surface area contributed by atoms with Gasteiger partial charge in [0.2, 0.25) is 5.88 Å². The third-order valence-corrected chi connectivity index (χ3v) is 4.18.